The van der Waals surface area contributed by atoms with Crippen molar-refractivity contribution in [2.45, 2.75) is 6.92 Å². The predicted octanol–water partition coefficient (Wildman–Crippen LogP) is 0.845. The quantitative estimate of drug-likeness (QED) is 0.553. The molecule has 15 heavy (non-hydrogen) atoms. The van der Waals surface area contributed by atoms with Crippen molar-refractivity contribution in [3.63, 3.8) is 0 Å². The predicted molar refractivity (Wildman–Crippen MR) is 56.0 cm³/mol. The highest BCUT2D eigenvalue weighted by Crippen LogP contribution is 2.15. The second-order valence-electron chi connectivity index (χ2n) is 3.22. The molecule has 0 aliphatic rings. The first kappa shape index (κ1) is 9.51. The summed E-state index contributed by atoms with van der Waals surface area (Å²) in [5.41, 5.74) is 1.96. The summed E-state index contributed by atoms with van der Waals surface area (Å²) in [6, 6.07) is 5.08. The Morgan fingerprint density at radius 1 is 1.53 bits per heavy atom. The average molecular weight is 205 g/mol. The molecular formula is C10H11N3O2. The highest BCUT2D eigenvalue weighted by molar-refractivity contribution is 5.93. The standard InChI is InChI=1S/C10H11N3O2/c1-6-12-8-5-7(10(14)15-2)3-4-9(8)13(6)11/h3-5H,11H2,1-2H3. The Morgan fingerprint density at radius 2 is 2.27 bits per heavy atom. The van der Waals surface area contributed by atoms with Crippen molar-refractivity contribution in [3.05, 3.63) is 29.6 Å². The maximum Gasteiger partial charge on any atom is 0.337 e. The van der Waals surface area contributed by atoms with E-state index in [4.69, 9.17) is 5.84 Å². The molecule has 1 heterocycles. The van der Waals surface area contributed by atoms with Gasteiger partial charge >= 0.3 is 5.97 Å². The highest BCUT2D eigenvalue weighted by atomic mass is 16.5. The first-order valence-electron chi connectivity index (χ1n) is 4.46. The smallest absolute Gasteiger partial charge is 0.337 e. The van der Waals surface area contributed by atoms with E-state index >= 15 is 0 Å². The van der Waals surface area contributed by atoms with Gasteiger partial charge in [0.25, 0.3) is 0 Å². The summed E-state index contributed by atoms with van der Waals surface area (Å²) in [5, 5.41) is 0. The van der Waals surface area contributed by atoms with Gasteiger partial charge in [-0.2, -0.15) is 0 Å². The van der Waals surface area contributed by atoms with Gasteiger partial charge in [-0.25, -0.2) is 14.5 Å². The number of esters is 1. The molecule has 1 aromatic heterocycles. The fraction of sp³-hybridized carbons (Fsp3) is 0.200. The average Bonchev–Trinajstić information content (AvgIpc) is 2.53. The van der Waals surface area contributed by atoms with Crippen LogP contribution in [0.25, 0.3) is 11.0 Å². The molecule has 2 aromatic rings. The zero-order chi connectivity index (χ0) is 11.0. The Balaban J connectivity index is 2.62. The Morgan fingerprint density at radius 3 is 2.93 bits per heavy atom. The summed E-state index contributed by atoms with van der Waals surface area (Å²) >= 11 is 0. The highest BCUT2D eigenvalue weighted by Gasteiger charge is 2.09. The number of imidazole rings is 1. The van der Waals surface area contributed by atoms with Crippen LogP contribution in [0.15, 0.2) is 18.2 Å². The van der Waals surface area contributed by atoms with Crippen molar-refractivity contribution in [3.8, 4) is 0 Å². The van der Waals surface area contributed by atoms with Crippen LogP contribution in [0.2, 0.25) is 0 Å². The maximum atomic E-state index is 11.3. The molecule has 0 unspecified atom stereocenters. The van der Waals surface area contributed by atoms with E-state index in [9.17, 15) is 4.79 Å². The van der Waals surface area contributed by atoms with Crippen LogP contribution < -0.4 is 5.84 Å². The van der Waals surface area contributed by atoms with E-state index in [1.807, 2.05) is 0 Å². The summed E-state index contributed by atoms with van der Waals surface area (Å²) in [4.78, 5) is 15.5. The van der Waals surface area contributed by atoms with Crippen molar-refractivity contribution >= 4 is 17.0 Å². The zero-order valence-corrected chi connectivity index (χ0v) is 8.52. The number of benzene rings is 1. The van der Waals surface area contributed by atoms with E-state index in [0.717, 1.165) is 5.52 Å². The fourth-order valence-electron chi connectivity index (χ4n) is 1.46. The fourth-order valence-corrected chi connectivity index (χ4v) is 1.46. The molecular weight excluding hydrogens is 194 g/mol. The van der Waals surface area contributed by atoms with E-state index < -0.39 is 0 Å². The van der Waals surface area contributed by atoms with Gasteiger partial charge < -0.3 is 10.6 Å². The number of aryl methyl sites for hydroxylation is 1. The van der Waals surface area contributed by atoms with Crippen LogP contribution in [0.3, 0.4) is 0 Å². The van der Waals surface area contributed by atoms with E-state index in [0.29, 0.717) is 16.9 Å². The first-order chi connectivity index (χ1) is 7.13. The zero-order valence-electron chi connectivity index (χ0n) is 8.52. The summed E-state index contributed by atoms with van der Waals surface area (Å²) in [5.74, 6) is 6.06. The number of methoxy groups -OCH3 is 1. The number of aromatic nitrogens is 2. The van der Waals surface area contributed by atoms with Gasteiger partial charge in [-0.15, -0.1) is 0 Å². The molecule has 0 bridgehead atoms. The minimum absolute atomic E-state index is 0.374. The number of fused-ring (bicyclic) bond motifs is 1. The lowest BCUT2D eigenvalue weighted by atomic mass is 10.2. The van der Waals surface area contributed by atoms with Gasteiger partial charge in [-0.3, -0.25) is 0 Å². The van der Waals surface area contributed by atoms with Crippen LogP contribution in [-0.2, 0) is 4.74 Å². The summed E-state index contributed by atoms with van der Waals surface area (Å²) in [6.45, 7) is 1.80. The molecule has 0 spiro atoms. The van der Waals surface area contributed by atoms with Gasteiger partial charge in [0.1, 0.15) is 5.82 Å². The molecule has 2 rings (SSSR count). The molecule has 2 N–H and O–H groups in total. The van der Waals surface area contributed by atoms with Crippen LogP contribution in [0, 0.1) is 6.92 Å². The number of hydrogen-bond acceptors (Lipinski definition) is 4. The SMILES string of the molecule is COC(=O)c1ccc2c(c1)nc(C)n2N. The van der Waals surface area contributed by atoms with Crippen LogP contribution in [0.5, 0.6) is 0 Å². The van der Waals surface area contributed by atoms with Gasteiger partial charge in [0.15, 0.2) is 0 Å². The lowest BCUT2D eigenvalue weighted by Gasteiger charge is -1.99. The summed E-state index contributed by atoms with van der Waals surface area (Å²) in [7, 11) is 1.35. The first-order valence-corrected chi connectivity index (χ1v) is 4.46. The number of nitrogens with two attached hydrogens (primary N) is 1. The van der Waals surface area contributed by atoms with Crippen LogP contribution in [0.4, 0.5) is 0 Å². The monoisotopic (exact) mass is 205 g/mol. The largest absolute Gasteiger partial charge is 0.465 e. The van der Waals surface area contributed by atoms with Crippen molar-refractivity contribution in [1.82, 2.24) is 9.66 Å². The molecule has 0 saturated carbocycles. The van der Waals surface area contributed by atoms with Crippen molar-refractivity contribution in [1.29, 1.82) is 0 Å². The number of hydrogen-bond donors (Lipinski definition) is 1. The van der Waals surface area contributed by atoms with E-state index in [-0.39, 0.29) is 5.97 Å². The Bertz CT molecular complexity index is 531. The molecule has 1 aromatic carbocycles. The number of rotatable bonds is 1. The minimum atomic E-state index is -0.374. The number of nitrogens with zero attached hydrogens (tertiary/aromatic N) is 2. The molecule has 0 radical (unpaired) electrons. The van der Waals surface area contributed by atoms with Crippen LogP contribution >= 0.6 is 0 Å². The van der Waals surface area contributed by atoms with E-state index in [2.05, 4.69) is 9.72 Å². The number of carbonyl (C=O) groups is 1. The topological polar surface area (TPSA) is 70.1 Å². The third-order valence-electron chi connectivity index (χ3n) is 2.29. The molecule has 0 aliphatic carbocycles. The Kier molecular flexibility index (Phi) is 2.07. The summed E-state index contributed by atoms with van der Waals surface area (Å²) in [6.07, 6.45) is 0. The van der Waals surface area contributed by atoms with E-state index in [1.165, 1.54) is 11.8 Å². The molecule has 5 heteroatoms. The molecule has 78 valence electrons. The Labute approximate surface area is 86.4 Å². The molecule has 0 aliphatic heterocycles. The lowest BCUT2D eigenvalue weighted by Crippen LogP contribution is -2.09. The van der Waals surface area contributed by atoms with Crippen LogP contribution in [0.1, 0.15) is 16.2 Å². The number of ether oxygens (including phenoxy) is 1. The maximum absolute atomic E-state index is 11.3. The van der Waals surface area contributed by atoms with Gasteiger partial charge in [0.05, 0.1) is 23.7 Å². The van der Waals surface area contributed by atoms with Gasteiger partial charge in [0, 0.05) is 0 Å². The second kappa shape index (κ2) is 3.27. The normalized spacial score (nSPS) is 10.5. The number of carbonyl (C=O) groups excluding carboxylic acids is 1. The number of nitrogen functional groups attached to an aromatic ring is 1. The molecule has 0 fully saturated rings. The molecule has 0 saturated heterocycles. The van der Waals surface area contributed by atoms with Crippen molar-refractivity contribution in [2.75, 3.05) is 13.0 Å². The third-order valence-corrected chi connectivity index (χ3v) is 2.29. The van der Waals surface area contributed by atoms with Gasteiger partial charge in [0.2, 0.25) is 0 Å². The molecule has 0 atom stereocenters. The Hall–Kier alpha value is -2.04. The molecule has 5 nitrogen and oxygen atoms in total. The van der Waals surface area contributed by atoms with Crippen molar-refractivity contribution in [2.24, 2.45) is 0 Å². The van der Waals surface area contributed by atoms with Crippen LogP contribution in [-0.4, -0.2) is 22.7 Å². The van der Waals surface area contributed by atoms with E-state index in [1.54, 1.807) is 25.1 Å². The minimum Gasteiger partial charge on any atom is -0.465 e. The lowest BCUT2D eigenvalue weighted by molar-refractivity contribution is 0.0601. The second-order valence-corrected chi connectivity index (χ2v) is 3.22. The third kappa shape index (κ3) is 1.41. The van der Waals surface area contributed by atoms with Crippen molar-refractivity contribution < 1.29 is 9.53 Å². The molecule has 0 amide bonds. The van der Waals surface area contributed by atoms with Gasteiger partial charge in [-0.1, -0.05) is 0 Å². The summed E-state index contributed by atoms with van der Waals surface area (Å²) < 4.78 is 6.10. The van der Waals surface area contributed by atoms with Gasteiger partial charge in [-0.05, 0) is 25.1 Å².